The van der Waals surface area contributed by atoms with E-state index in [1.54, 1.807) is 23.0 Å². The third-order valence-corrected chi connectivity index (χ3v) is 4.20. The van der Waals surface area contributed by atoms with Gasteiger partial charge in [0.05, 0.1) is 5.69 Å². The number of pyridine rings is 1. The zero-order chi connectivity index (χ0) is 14.2. The summed E-state index contributed by atoms with van der Waals surface area (Å²) in [6.45, 7) is 5.24. The van der Waals surface area contributed by atoms with Gasteiger partial charge in [-0.05, 0) is 42.4 Å². The van der Waals surface area contributed by atoms with E-state index in [1.807, 2.05) is 18.2 Å². The van der Waals surface area contributed by atoms with Crippen LogP contribution in [0.2, 0.25) is 0 Å². The van der Waals surface area contributed by atoms with E-state index in [2.05, 4.69) is 23.9 Å². The summed E-state index contributed by atoms with van der Waals surface area (Å²) in [6, 6.07) is 9.01. The van der Waals surface area contributed by atoms with Crippen molar-refractivity contribution in [1.82, 2.24) is 14.8 Å². The number of aryl methyl sites for hydroxylation is 1. The number of nitrogens with zero attached hydrogens (tertiary/aromatic N) is 3. The lowest BCUT2D eigenvalue weighted by molar-refractivity contribution is 0.466. The minimum absolute atomic E-state index is 0.0388. The summed E-state index contributed by atoms with van der Waals surface area (Å²) in [5, 5.41) is 4.43. The Morgan fingerprint density at radius 2 is 2.05 bits per heavy atom. The minimum atomic E-state index is -0.0388. The van der Waals surface area contributed by atoms with Crippen molar-refractivity contribution in [3.63, 3.8) is 0 Å². The van der Waals surface area contributed by atoms with Gasteiger partial charge in [-0.2, -0.15) is 5.10 Å². The molecule has 4 nitrogen and oxygen atoms in total. The van der Waals surface area contributed by atoms with Crippen molar-refractivity contribution < 1.29 is 0 Å². The first kappa shape index (κ1) is 13.0. The van der Waals surface area contributed by atoms with Crippen LogP contribution in [0, 0.1) is 11.3 Å². The largest absolute Gasteiger partial charge is 0.268 e. The highest BCUT2D eigenvalue weighted by Crippen LogP contribution is 2.53. The molecule has 4 heteroatoms. The van der Waals surface area contributed by atoms with Crippen molar-refractivity contribution in [3.05, 3.63) is 46.9 Å². The van der Waals surface area contributed by atoms with Crippen molar-refractivity contribution in [1.29, 1.82) is 0 Å². The van der Waals surface area contributed by atoms with Gasteiger partial charge >= 0.3 is 0 Å². The topological polar surface area (TPSA) is 47.8 Å². The maximum absolute atomic E-state index is 11.9. The molecule has 0 radical (unpaired) electrons. The first-order valence-corrected chi connectivity index (χ1v) is 7.06. The lowest BCUT2D eigenvalue weighted by Crippen LogP contribution is -2.22. The fourth-order valence-electron chi connectivity index (χ4n) is 2.61. The van der Waals surface area contributed by atoms with Crippen molar-refractivity contribution in [3.8, 4) is 11.4 Å². The van der Waals surface area contributed by atoms with Crippen LogP contribution in [0.5, 0.6) is 0 Å². The molecule has 1 aliphatic carbocycles. The monoisotopic (exact) mass is 269 g/mol. The molecular weight excluding hydrogens is 250 g/mol. The number of rotatable bonds is 4. The maximum Gasteiger partial charge on any atom is 0.266 e. The molecule has 1 saturated carbocycles. The van der Waals surface area contributed by atoms with Gasteiger partial charge in [0.2, 0.25) is 0 Å². The molecule has 104 valence electrons. The van der Waals surface area contributed by atoms with E-state index in [0.717, 1.165) is 23.7 Å². The molecule has 0 amide bonds. The summed E-state index contributed by atoms with van der Waals surface area (Å²) in [6.07, 6.45) is 4.01. The third kappa shape index (κ3) is 2.64. The molecular formula is C16H19N3O. The fourth-order valence-corrected chi connectivity index (χ4v) is 2.61. The second-order valence-corrected chi connectivity index (χ2v) is 6.17. The number of hydrogen-bond acceptors (Lipinski definition) is 3. The summed E-state index contributed by atoms with van der Waals surface area (Å²) in [4.78, 5) is 16.1. The smallest absolute Gasteiger partial charge is 0.266 e. The van der Waals surface area contributed by atoms with Crippen LogP contribution in [0.3, 0.4) is 0 Å². The van der Waals surface area contributed by atoms with E-state index in [9.17, 15) is 4.79 Å². The standard InChI is InChI=1S/C16H19N3O/c1-16(2)11-12(16)8-10-19-15(20)7-6-14(18-19)13-5-3-4-9-17-13/h3-7,9,12H,8,10-11H2,1-2H3. The highest BCUT2D eigenvalue weighted by atomic mass is 16.1. The normalized spacial score (nSPS) is 19.8. The minimum Gasteiger partial charge on any atom is -0.268 e. The van der Waals surface area contributed by atoms with Crippen LogP contribution in [0.4, 0.5) is 0 Å². The van der Waals surface area contributed by atoms with Crippen molar-refractivity contribution in [2.24, 2.45) is 11.3 Å². The van der Waals surface area contributed by atoms with Crippen LogP contribution in [0.15, 0.2) is 41.3 Å². The molecule has 1 aliphatic rings. The Labute approximate surface area is 118 Å². The van der Waals surface area contributed by atoms with Crippen molar-refractivity contribution in [2.75, 3.05) is 0 Å². The number of hydrogen-bond donors (Lipinski definition) is 0. The summed E-state index contributed by atoms with van der Waals surface area (Å²) in [7, 11) is 0. The van der Waals surface area contributed by atoms with Gasteiger partial charge in [-0.3, -0.25) is 9.78 Å². The average Bonchev–Trinajstić information content (AvgIpc) is 3.06. The number of aromatic nitrogens is 3. The van der Waals surface area contributed by atoms with Gasteiger partial charge in [-0.25, -0.2) is 4.68 Å². The van der Waals surface area contributed by atoms with E-state index in [1.165, 1.54) is 6.42 Å². The molecule has 3 rings (SSSR count). The van der Waals surface area contributed by atoms with Crippen LogP contribution >= 0.6 is 0 Å². The molecule has 20 heavy (non-hydrogen) atoms. The molecule has 1 atom stereocenters. The van der Waals surface area contributed by atoms with Gasteiger partial charge in [0.25, 0.3) is 5.56 Å². The van der Waals surface area contributed by atoms with Gasteiger partial charge in [-0.1, -0.05) is 19.9 Å². The van der Waals surface area contributed by atoms with Crippen LogP contribution in [-0.4, -0.2) is 14.8 Å². The molecule has 0 spiro atoms. The van der Waals surface area contributed by atoms with Crippen LogP contribution in [0.1, 0.15) is 26.7 Å². The summed E-state index contributed by atoms with van der Waals surface area (Å²) >= 11 is 0. The van der Waals surface area contributed by atoms with Gasteiger partial charge in [0.15, 0.2) is 0 Å². The van der Waals surface area contributed by atoms with E-state index in [4.69, 9.17) is 0 Å². The Morgan fingerprint density at radius 3 is 2.70 bits per heavy atom. The SMILES string of the molecule is CC1(C)CC1CCn1nc(-c2ccccn2)ccc1=O. The highest BCUT2D eigenvalue weighted by Gasteiger charge is 2.44. The quantitative estimate of drug-likeness (QED) is 0.857. The molecule has 0 aromatic carbocycles. The Morgan fingerprint density at radius 1 is 1.25 bits per heavy atom. The molecule has 0 N–H and O–H groups in total. The van der Waals surface area contributed by atoms with E-state index in [0.29, 0.717) is 12.0 Å². The lowest BCUT2D eigenvalue weighted by Gasteiger charge is -2.07. The van der Waals surface area contributed by atoms with Gasteiger partial charge < -0.3 is 0 Å². The van der Waals surface area contributed by atoms with Crippen molar-refractivity contribution >= 4 is 0 Å². The third-order valence-electron chi connectivity index (χ3n) is 4.20. The molecule has 0 aliphatic heterocycles. The van der Waals surface area contributed by atoms with E-state index < -0.39 is 0 Å². The highest BCUT2D eigenvalue weighted by molar-refractivity contribution is 5.52. The van der Waals surface area contributed by atoms with Crippen LogP contribution < -0.4 is 5.56 Å². The predicted octanol–water partition coefficient (Wildman–Crippen LogP) is 2.74. The van der Waals surface area contributed by atoms with Crippen LogP contribution in [0.25, 0.3) is 11.4 Å². The van der Waals surface area contributed by atoms with Gasteiger partial charge in [0, 0.05) is 18.8 Å². The molecule has 1 fully saturated rings. The van der Waals surface area contributed by atoms with Gasteiger partial charge in [-0.15, -0.1) is 0 Å². The summed E-state index contributed by atoms with van der Waals surface area (Å²) in [5.41, 5.74) is 1.96. The summed E-state index contributed by atoms with van der Waals surface area (Å²) < 4.78 is 1.57. The molecule has 2 aromatic rings. The van der Waals surface area contributed by atoms with Crippen molar-refractivity contribution in [2.45, 2.75) is 33.2 Å². The second-order valence-electron chi connectivity index (χ2n) is 6.17. The Bertz CT molecular complexity index is 661. The molecule has 2 heterocycles. The predicted molar refractivity (Wildman–Crippen MR) is 78.2 cm³/mol. The summed E-state index contributed by atoms with van der Waals surface area (Å²) in [5.74, 6) is 0.717. The lowest BCUT2D eigenvalue weighted by atomic mass is 10.1. The Hall–Kier alpha value is -1.97. The van der Waals surface area contributed by atoms with E-state index >= 15 is 0 Å². The fraction of sp³-hybridized carbons (Fsp3) is 0.438. The van der Waals surface area contributed by atoms with Crippen LogP contribution in [-0.2, 0) is 6.54 Å². The van der Waals surface area contributed by atoms with Gasteiger partial charge in [0.1, 0.15) is 5.69 Å². The molecule has 0 saturated heterocycles. The average molecular weight is 269 g/mol. The molecule has 1 unspecified atom stereocenters. The molecule has 0 bridgehead atoms. The first-order chi connectivity index (χ1) is 9.56. The molecule has 2 aromatic heterocycles. The maximum atomic E-state index is 11.9. The Kier molecular flexibility index (Phi) is 3.16. The first-order valence-electron chi connectivity index (χ1n) is 7.06. The second kappa shape index (κ2) is 4.85. The van der Waals surface area contributed by atoms with E-state index in [-0.39, 0.29) is 5.56 Å². The Balaban J connectivity index is 1.79. The zero-order valence-corrected chi connectivity index (χ0v) is 11.9. The zero-order valence-electron chi connectivity index (χ0n) is 11.9.